The first-order valence-electron chi connectivity index (χ1n) is 11.1. The zero-order valence-corrected chi connectivity index (χ0v) is 17.7. The average molecular weight is 433 g/mol. The Hall–Kier alpha value is -1.83. The Morgan fingerprint density at radius 2 is 1.90 bits per heavy atom. The summed E-state index contributed by atoms with van der Waals surface area (Å²) in [6.45, 7) is -0.0403. The van der Waals surface area contributed by atoms with Crippen molar-refractivity contribution in [1.29, 1.82) is 0 Å². The number of hydrogen-bond acceptors (Lipinski definition) is 4. The average Bonchev–Trinajstić information content (AvgIpc) is 3.38. The molecule has 2 aromatic heterocycles. The molecule has 30 heavy (non-hydrogen) atoms. The van der Waals surface area contributed by atoms with Gasteiger partial charge in [0.05, 0.1) is 5.69 Å². The SMILES string of the molecule is O=C(Cn1nc(C(F)F)c2c1CCC2)Nc1nc(C23CC4CC(CC(C4)C2)C3)cs1. The van der Waals surface area contributed by atoms with Gasteiger partial charge in [-0.05, 0) is 75.5 Å². The molecule has 160 valence electrons. The second kappa shape index (κ2) is 6.84. The second-order valence-corrected chi connectivity index (χ2v) is 10.8. The first kappa shape index (κ1) is 18.9. The molecule has 0 aromatic carbocycles. The summed E-state index contributed by atoms with van der Waals surface area (Å²) in [5.41, 5.74) is 2.63. The molecule has 4 saturated carbocycles. The summed E-state index contributed by atoms with van der Waals surface area (Å²) in [7, 11) is 0. The van der Waals surface area contributed by atoms with Gasteiger partial charge in [0.25, 0.3) is 6.43 Å². The van der Waals surface area contributed by atoms with Crippen LogP contribution < -0.4 is 5.32 Å². The maximum Gasteiger partial charge on any atom is 0.282 e. The third-order valence-electron chi connectivity index (χ3n) is 7.87. The van der Waals surface area contributed by atoms with Crippen LogP contribution in [-0.4, -0.2) is 20.7 Å². The van der Waals surface area contributed by atoms with Gasteiger partial charge in [0.1, 0.15) is 12.2 Å². The van der Waals surface area contributed by atoms with Crippen LogP contribution in [0.4, 0.5) is 13.9 Å². The molecule has 1 N–H and O–H groups in total. The molecular weight excluding hydrogens is 406 g/mol. The Labute approximate surface area is 178 Å². The van der Waals surface area contributed by atoms with Gasteiger partial charge in [0, 0.05) is 22.1 Å². The van der Waals surface area contributed by atoms with E-state index in [4.69, 9.17) is 4.98 Å². The molecule has 0 aliphatic heterocycles. The molecule has 4 bridgehead atoms. The highest BCUT2D eigenvalue weighted by atomic mass is 32.1. The fourth-order valence-corrected chi connectivity index (χ4v) is 7.99. The summed E-state index contributed by atoms with van der Waals surface area (Å²) in [6.07, 6.45) is 7.47. The Balaban J connectivity index is 1.17. The molecule has 0 unspecified atom stereocenters. The van der Waals surface area contributed by atoms with Gasteiger partial charge in [-0.1, -0.05) is 0 Å². The third kappa shape index (κ3) is 3.01. The zero-order chi connectivity index (χ0) is 20.5. The smallest absolute Gasteiger partial charge is 0.282 e. The Morgan fingerprint density at radius 3 is 2.57 bits per heavy atom. The standard InChI is InChI=1S/C22H26F2N4OS/c23-20(24)19-15-2-1-3-16(15)28(27-19)10-18(29)26-21-25-17(11-30-21)22-7-12-4-13(8-22)6-14(5-12)9-22/h11-14,20H,1-10H2,(H,25,26,29). The lowest BCUT2D eigenvalue weighted by atomic mass is 9.49. The number of hydrogen-bond donors (Lipinski definition) is 1. The Kier molecular flexibility index (Phi) is 4.31. The topological polar surface area (TPSA) is 59.8 Å². The van der Waals surface area contributed by atoms with Crippen LogP contribution in [0.25, 0.3) is 0 Å². The molecule has 0 saturated heterocycles. The van der Waals surface area contributed by atoms with Crippen molar-refractivity contribution in [2.24, 2.45) is 17.8 Å². The number of anilines is 1. The van der Waals surface area contributed by atoms with Gasteiger partial charge < -0.3 is 5.32 Å². The number of amides is 1. The van der Waals surface area contributed by atoms with Crippen molar-refractivity contribution in [3.8, 4) is 0 Å². The van der Waals surface area contributed by atoms with Crippen LogP contribution in [0.1, 0.15) is 74.0 Å². The minimum atomic E-state index is -2.59. The fourth-order valence-electron chi connectivity index (χ4n) is 7.14. The molecule has 8 heteroatoms. The van der Waals surface area contributed by atoms with Crippen LogP contribution in [0.5, 0.6) is 0 Å². The van der Waals surface area contributed by atoms with Crippen molar-refractivity contribution in [2.75, 3.05) is 5.32 Å². The van der Waals surface area contributed by atoms with E-state index >= 15 is 0 Å². The number of alkyl halides is 2. The molecule has 5 aliphatic rings. The lowest BCUT2D eigenvalue weighted by molar-refractivity contribution is -0.117. The fraction of sp³-hybridized carbons (Fsp3) is 0.682. The number of rotatable bonds is 5. The van der Waals surface area contributed by atoms with Crippen LogP contribution in [0.3, 0.4) is 0 Å². The van der Waals surface area contributed by atoms with Crippen molar-refractivity contribution in [3.05, 3.63) is 28.0 Å². The van der Waals surface area contributed by atoms with E-state index in [2.05, 4.69) is 15.8 Å². The summed E-state index contributed by atoms with van der Waals surface area (Å²) in [6, 6.07) is 0. The van der Waals surface area contributed by atoms with Gasteiger partial charge in [-0.3, -0.25) is 9.48 Å². The number of nitrogens with one attached hydrogen (secondary N) is 1. The second-order valence-electron chi connectivity index (χ2n) is 9.91. The van der Waals surface area contributed by atoms with Crippen molar-refractivity contribution < 1.29 is 13.6 Å². The monoisotopic (exact) mass is 432 g/mol. The van der Waals surface area contributed by atoms with E-state index in [1.807, 2.05) is 0 Å². The van der Waals surface area contributed by atoms with Crippen molar-refractivity contribution in [1.82, 2.24) is 14.8 Å². The number of aromatic nitrogens is 3. The van der Waals surface area contributed by atoms with E-state index in [1.54, 1.807) is 0 Å². The molecule has 5 aliphatic carbocycles. The zero-order valence-electron chi connectivity index (χ0n) is 16.9. The Bertz CT molecular complexity index is 962. The maximum atomic E-state index is 13.2. The molecule has 0 radical (unpaired) electrons. The predicted molar refractivity (Wildman–Crippen MR) is 110 cm³/mol. The lowest BCUT2D eigenvalue weighted by Gasteiger charge is -2.56. The van der Waals surface area contributed by atoms with Crippen LogP contribution in [0, 0.1) is 17.8 Å². The van der Waals surface area contributed by atoms with E-state index in [9.17, 15) is 13.6 Å². The summed E-state index contributed by atoms with van der Waals surface area (Å²) < 4.78 is 28.0. The predicted octanol–water partition coefficient (Wildman–Crippen LogP) is 4.87. The summed E-state index contributed by atoms with van der Waals surface area (Å²) in [5.74, 6) is 2.30. The van der Waals surface area contributed by atoms with Gasteiger partial charge in [0.15, 0.2) is 5.13 Å². The highest BCUT2D eigenvalue weighted by Gasteiger charge is 2.52. The van der Waals surface area contributed by atoms with Gasteiger partial charge in [0.2, 0.25) is 5.91 Å². The van der Waals surface area contributed by atoms with E-state index in [1.165, 1.54) is 54.5 Å². The molecular formula is C22H26F2N4OS. The summed E-state index contributed by atoms with van der Waals surface area (Å²) in [4.78, 5) is 17.5. The normalized spacial score (nSPS) is 31.5. The van der Waals surface area contributed by atoms with E-state index < -0.39 is 6.43 Å². The number of fused-ring (bicyclic) bond motifs is 1. The molecule has 7 rings (SSSR count). The number of thiazole rings is 1. The lowest BCUT2D eigenvalue weighted by Crippen LogP contribution is -2.48. The molecule has 0 atom stereocenters. The summed E-state index contributed by atoms with van der Waals surface area (Å²) in [5, 5.41) is 9.67. The van der Waals surface area contributed by atoms with Crippen molar-refractivity contribution in [3.63, 3.8) is 0 Å². The first-order chi connectivity index (χ1) is 14.5. The van der Waals surface area contributed by atoms with E-state index in [-0.39, 0.29) is 23.6 Å². The molecule has 0 spiro atoms. The van der Waals surface area contributed by atoms with Crippen molar-refractivity contribution in [2.45, 2.75) is 76.2 Å². The molecule has 2 heterocycles. The highest BCUT2D eigenvalue weighted by molar-refractivity contribution is 7.13. The minimum absolute atomic E-state index is 0.0403. The van der Waals surface area contributed by atoms with Gasteiger partial charge in [-0.2, -0.15) is 5.10 Å². The molecule has 1 amide bonds. The van der Waals surface area contributed by atoms with Gasteiger partial charge in [-0.15, -0.1) is 11.3 Å². The quantitative estimate of drug-likeness (QED) is 0.733. The Morgan fingerprint density at radius 1 is 1.20 bits per heavy atom. The largest absolute Gasteiger partial charge is 0.300 e. The van der Waals surface area contributed by atoms with Crippen LogP contribution in [-0.2, 0) is 29.6 Å². The van der Waals surface area contributed by atoms with Gasteiger partial charge >= 0.3 is 0 Å². The maximum absolute atomic E-state index is 13.2. The van der Waals surface area contributed by atoms with E-state index in [0.29, 0.717) is 23.5 Å². The molecule has 2 aromatic rings. The third-order valence-corrected chi connectivity index (χ3v) is 8.63. The van der Waals surface area contributed by atoms with Crippen LogP contribution in [0.15, 0.2) is 5.38 Å². The number of nitrogens with zero attached hydrogens (tertiary/aromatic N) is 3. The van der Waals surface area contributed by atoms with Crippen LogP contribution >= 0.6 is 11.3 Å². The van der Waals surface area contributed by atoms with E-state index in [0.717, 1.165) is 35.6 Å². The van der Waals surface area contributed by atoms with Gasteiger partial charge in [-0.25, -0.2) is 13.8 Å². The summed E-state index contributed by atoms with van der Waals surface area (Å²) >= 11 is 1.48. The number of halogens is 2. The highest BCUT2D eigenvalue weighted by Crippen LogP contribution is 2.60. The number of carbonyl (C=O) groups is 1. The van der Waals surface area contributed by atoms with Crippen molar-refractivity contribution >= 4 is 22.4 Å². The molecule has 4 fully saturated rings. The minimum Gasteiger partial charge on any atom is -0.300 e. The van der Waals surface area contributed by atoms with Crippen LogP contribution in [0.2, 0.25) is 0 Å². The molecule has 5 nitrogen and oxygen atoms in total. The number of carbonyl (C=O) groups excluding carboxylic acids is 1. The first-order valence-corrected chi connectivity index (χ1v) is 12.0.